The molecule has 0 radical (unpaired) electrons. The lowest BCUT2D eigenvalue weighted by atomic mass is 9.83. The second-order valence-corrected chi connectivity index (χ2v) is 7.54. The predicted molar refractivity (Wildman–Crippen MR) is 86.2 cm³/mol. The summed E-state index contributed by atoms with van der Waals surface area (Å²) in [6, 6.07) is -0.254. The number of hydrogen-bond donors (Lipinski definition) is 2. The molecule has 4 rings (SSSR count). The smallest absolute Gasteiger partial charge is 0.352 e. The zero-order chi connectivity index (χ0) is 17.3. The number of aliphatic hydroxyl groups excluding tert-OH is 1. The molecule has 1 fully saturated rings. The third kappa shape index (κ3) is 1.83. The zero-order valence-corrected chi connectivity index (χ0v) is 14.4. The summed E-state index contributed by atoms with van der Waals surface area (Å²) in [4.78, 5) is 27.4. The largest absolute Gasteiger partial charge is 0.477 e. The van der Waals surface area contributed by atoms with Crippen molar-refractivity contribution in [2.75, 3.05) is 0 Å². The molecule has 1 saturated heterocycles. The maximum atomic E-state index is 12.3. The number of hydrogen-bond acceptors (Lipinski definition) is 4. The van der Waals surface area contributed by atoms with Crippen LogP contribution in [0.25, 0.3) is 10.4 Å². The number of carbonyl (C=O) groups is 2. The first-order valence-corrected chi connectivity index (χ1v) is 8.57. The first-order chi connectivity index (χ1) is 11.3. The molecule has 2 N–H and O–H groups in total. The molecule has 2 aliphatic rings. The number of rotatable bonds is 3. The van der Waals surface area contributed by atoms with Gasteiger partial charge in [-0.1, -0.05) is 11.3 Å². The van der Waals surface area contributed by atoms with Crippen LogP contribution >= 0.6 is 11.3 Å². The van der Waals surface area contributed by atoms with E-state index in [1.54, 1.807) is 6.92 Å². The van der Waals surface area contributed by atoms with Gasteiger partial charge in [0.1, 0.15) is 17.6 Å². The standard InChI is InChI=1S/C16H17N3O4S/c1-7-14(24-11-5-17(3)6-18(7)11)9-4-10-12(8(2)20)15(21)19(10)13(9)16(22)23/h5-6,8,10,12,20H,4H2,1-3H3/p+1/t8-,10-,12-/m1/s1. The molecule has 126 valence electrons. The molecule has 2 aromatic rings. The van der Waals surface area contributed by atoms with Gasteiger partial charge in [0.25, 0.3) is 0 Å². The number of carboxylic acids is 1. The van der Waals surface area contributed by atoms with E-state index in [9.17, 15) is 19.8 Å². The Morgan fingerprint density at radius 1 is 1.50 bits per heavy atom. The molecule has 0 aliphatic carbocycles. The Morgan fingerprint density at radius 2 is 2.21 bits per heavy atom. The molecule has 0 unspecified atom stereocenters. The lowest BCUT2D eigenvalue weighted by molar-refractivity contribution is -0.515. The van der Waals surface area contributed by atoms with Crippen molar-refractivity contribution in [1.82, 2.24) is 9.47 Å². The summed E-state index contributed by atoms with van der Waals surface area (Å²) in [5.41, 5.74) is 1.73. The van der Waals surface area contributed by atoms with Gasteiger partial charge in [-0.05, 0) is 20.3 Å². The summed E-state index contributed by atoms with van der Waals surface area (Å²) < 4.78 is 3.97. The van der Waals surface area contributed by atoms with Gasteiger partial charge in [0, 0.05) is 5.57 Å². The summed E-state index contributed by atoms with van der Waals surface area (Å²) in [6.07, 6.45) is 3.63. The number of β-lactam (4-membered cyclic amide) rings is 1. The fourth-order valence-corrected chi connectivity index (χ4v) is 5.14. The van der Waals surface area contributed by atoms with Crippen LogP contribution in [-0.4, -0.2) is 43.7 Å². The first-order valence-electron chi connectivity index (χ1n) is 7.76. The number of thiazole rings is 1. The molecule has 3 atom stereocenters. The minimum Gasteiger partial charge on any atom is -0.477 e. The third-order valence-corrected chi connectivity index (χ3v) is 6.21. The average Bonchev–Trinajstić information content (AvgIpc) is 3.09. The molecule has 0 spiro atoms. The number of aliphatic hydroxyl groups is 1. The Hall–Kier alpha value is -2.19. The number of carbonyl (C=O) groups excluding carboxylic acids is 1. The summed E-state index contributed by atoms with van der Waals surface area (Å²) >= 11 is 1.53. The number of aromatic nitrogens is 2. The fraction of sp³-hybridized carbons (Fsp3) is 0.438. The molecular weight excluding hydrogens is 330 g/mol. The van der Waals surface area contributed by atoms with E-state index in [0.29, 0.717) is 12.0 Å². The Morgan fingerprint density at radius 3 is 2.79 bits per heavy atom. The van der Waals surface area contributed by atoms with Gasteiger partial charge >= 0.3 is 5.97 Å². The fourth-order valence-electron chi connectivity index (χ4n) is 3.88. The highest BCUT2D eigenvalue weighted by Crippen LogP contribution is 2.48. The van der Waals surface area contributed by atoms with Crippen LogP contribution in [-0.2, 0) is 16.6 Å². The van der Waals surface area contributed by atoms with E-state index in [0.717, 1.165) is 15.4 Å². The number of aliphatic carboxylic acids is 1. The van der Waals surface area contributed by atoms with Crippen molar-refractivity contribution >= 4 is 33.6 Å². The van der Waals surface area contributed by atoms with Gasteiger partial charge in [-0.25, -0.2) is 9.36 Å². The lowest BCUT2D eigenvalue weighted by Crippen LogP contribution is -2.61. The van der Waals surface area contributed by atoms with Gasteiger partial charge in [-0.3, -0.25) is 4.79 Å². The average molecular weight is 348 g/mol. The SMILES string of the molecule is Cc1c(C2=C(C(=O)O)N3C(=O)[C@H]([C@@H](C)O)[C@H]3C2)sc2cn(C)c[n+]12. The number of fused-ring (bicyclic) bond motifs is 2. The predicted octanol–water partition coefficient (Wildman–Crippen LogP) is 0.541. The van der Waals surface area contributed by atoms with Gasteiger partial charge in [0.05, 0.1) is 30.0 Å². The number of carboxylic acid groups (broad SMARTS) is 1. The summed E-state index contributed by atoms with van der Waals surface area (Å²) in [6.45, 7) is 3.54. The first kappa shape index (κ1) is 15.3. The van der Waals surface area contributed by atoms with Gasteiger partial charge in [0.2, 0.25) is 17.1 Å². The topological polar surface area (TPSA) is 86.9 Å². The number of amides is 1. The monoisotopic (exact) mass is 348 g/mol. The van der Waals surface area contributed by atoms with Crippen LogP contribution in [0.2, 0.25) is 0 Å². The Labute approximate surface area is 142 Å². The van der Waals surface area contributed by atoms with Crippen molar-refractivity contribution in [3.05, 3.63) is 28.8 Å². The third-order valence-electron chi connectivity index (χ3n) is 4.95. The van der Waals surface area contributed by atoms with Crippen LogP contribution in [0.15, 0.2) is 18.2 Å². The van der Waals surface area contributed by atoms with Crippen LogP contribution in [0, 0.1) is 12.8 Å². The van der Waals surface area contributed by atoms with Gasteiger partial charge in [-0.15, -0.1) is 0 Å². The maximum absolute atomic E-state index is 12.3. The molecule has 1 amide bonds. The minimum atomic E-state index is -1.09. The van der Waals surface area contributed by atoms with Crippen LogP contribution < -0.4 is 4.40 Å². The highest BCUT2D eigenvalue weighted by molar-refractivity contribution is 7.18. The lowest BCUT2D eigenvalue weighted by Gasteiger charge is -2.44. The number of nitrogens with zero attached hydrogens (tertiary/aromatic N) is 3. The van der Waals surface area contributed by atoms with E-state index in [2.05, 4.69) is 0 Å². The van der Waals surface area contributed by atoms with Crippen molar-refractivity contribution in [2.45, 2.75) is 32.4 Å². The van der Waals surface area contributed by atoms with Crippen LogP contribution in [0.4, 0.5) is 0 Å². The van der Waals surface area contributed by atoms with Gasteiger partial charge < -0.3 is 15.1 Å². The summed E-state index contributed by atoms with van der Waals surface area (Å²) in [5.74, 6) is -1.90. The maximum Gasteiger partial charge on any atom is 0.352 e. The highest BCUT2D eigenvalue weighted by atomic mass is 32.1. The van der Waals surface area contributed by atoms with E-state index in [1.165, 1.54) is 16.2 Å². The van der Waals surface area contributed by atoms with Crippen molar-refractivity contribution in [1.29, 1.82) is 0 Å². The van der Waals surface area contributed by atoms with Crippen LogP contribution in [0.3, 0.4) is 0 Å². The Balaban J connectivity index is 1.84. The number of imidazole rings is 1. The van der Waals surface area contributed by atoms with E-state index in [-0.39, 0.29) is 17.6 Å². The molecule has 8 heteroatoms. The second kappa shape index (κ2) is 4.90. The van der Waals surface area contributed by atoms with Crippen molar-refractivity contribution in [3.8, 4) is 0 Å². The van der Waals surface area contributed by atoms with E-state index < -0.39 is 18.0 Å². The normalized spacial score (nSPS) is 24.5. The van der Waals surface area contributed by atoms with Crippen LogP contribution in [0.5, 0.6) is 0 Å². The van der Waals surface area contributed by atoms with E-state index >= 15 is 0 Å². The molecule has 4 heterocycles. The quantitative estimate of drug-likeness (QED) is 0.626. The number of aryl methyl sites for hydroxylation is 2. The van der Waals surface area contributed by atoms with Crippen LogP contribution in [0.1, 0.15) is 23.9 Å². The highest BCUT2D eigenvalue weighted by Gasteiger charge is 2.57. The zero-order valence-electron chi connectivity index (χ0n) is 13.6. The van der Waals surface area contributed by atoms with Crippen molar-refractivity contribution < 1.29 is 24.2 Å². The van der Waals surface area contributed by atoms with Crippen molar-refractivity contribution in [3.63, 3.8) is 0 Å². The molecule has 7 nitrogen and oxygen atoms in total. The second-order valence-electron chi connectivity index (χ2n) is 6.51. The summed E-state index contributed by atoms with van der Waals surface area (Å²) in [7, 11) is 1.94. The van der Waals surface area contributed by atoms with Gasteiger partial charge in [-0.2, -0.15) is 4.40 Å². The molecule has 0 aromatic carbocycles. The summed E-state index contributed by atoms with van der Waals surface area (Å²) in [5, 5.41) is 19.5. The Bertz CT molecular complexity index is 923. The van der Waals surface area contributed by atoms with Gasteiger partial charge in [0.15, 0.2) is 0 Å². The minimum absolute atomic E-state index is 0.0684. The molecular formula is C16H18N3O4S+. The Kier molecular flexibility index (Phi) is 3.14. The molecule has 24 heavy (non-hydrogen) atoms. The molecule has 2 aliphatic heterocycles. The molecule has 2 aromatic heterocycles. The van der Waals surface area contributed by atoms with Crippen molar-refractivity contribution in [2.24, 2.45) is 13.0 Å². The molecule has 0 bridgehead atoms. The molecule has 0 saturated carbocycles. The van der Waals surface area contributed by atoms with E-state index in [4.69, 9.17) is 0 Å². The van der Waals surface area contributed by atoms with E-state index in [1.807, 2.05) is 35.5 Å².